The number of aromatic nitrogens is 4. The standard InChI is InChI=1S/C20H17F2N5O4/c1-29-15-6-10(7-16(30-2)18(15)31-3)24-19-23-5-4-17(26-19)27-14-9-12(22)11(21)8-13(14)25-20(27)28/h4-9H,1-3H3,(H,25,28)(H,23,24,26). The fourth-order valence-electron chi connectivity index (χ4n) is 3.15. The number of hydrogen-bond acceptors (Lipinski definition) is 7. The molecule has 0 radical (unpaired) electrons. The Hall–Kier alpha value is -4.15. The zero-order valence-corrected chi connectivity index (χ0v) is 16.7. The summed E-state index contributed by atoms with van der Waals surface area (Å²) in [5.41, 5.74) is 0.214. The monoisotopic (exact) mass is 429 g/mol. The molecule has 2 aromatic heterocycles. The summed E-state index contributed by atoms with van der Waals surface area (Å²) in [7, 11) is 4.47. The summed E-state index contributed by atoms with van der Waals surface area (Å²) >= 11 is 0. The van der Waals surface area contributed by atoms with Gasteiger partial charge in [0, 0.05) is 42.2 Å². The molecule has 9 nitrogen and oxygen atoms in total. The number of aromatic amines is 1. The van der Waals surface area contributed by atoms with Gasteiger partial charge in [-0.25, -0.2) is 23.1 Å². The highest BCUT2D eigenvalue weighted by molar-refractivity contribution is 5.77. The van der Waals surface area contributed by atoms with Crippen LogP contribution in [0.25, 0.3) is 16.9 Å². The van der Waals surface area contributed by atoms with E-state index in [2.05, 4.69) is 20.3 Å². The van der Waals surface area contributed by atoms with Crippen LogP contribution in [0.2, 0.25) is 0 Å². The van der Waals surface area contributed by atoms with Crippen molar-refractivity contribution >= 4 is 22.7 Å². The van der Waals surface area contributed by atoms with Gasteiger partial charge in [0.25, 0.3) is 0 Å². The molecular formula is C20H17F2N5O4. The Morgan fingerprint density at radius 3 is 2.32 bits per heavy atom. The van der Waals surface area contributed by atoms with Crippen molar-refractivity contribution in [3.05, 3.63) is 58.6 Å². The minimum atomic E-state index is -1.08. The number of halogens is 2. The molecule has 0 aliphatic heterocycles. The van der Waals surface area contributed by atoms with Crippen molar-refractivity contribution in [3.63, 3.8) is 0 Å². The zero-order valence-electron chi connectivity index (χ0n) is 16.7. The van der Waals surface area contributed by atoms with Gasteiger partial charge in [-0.15, -0.1) is 0 Å². The summed E-state index contributed by atoms with van der Waals surface area (Å²) in [6, 6.07) is 6.63. The van der Waals surface area contributed by atoms with Gasteiger partial charge in [0.1, 0.15) is 5.82 Å². The number of hydrogen-bond donors (Lipinski definition) is 2. The average Bonchev–Trinajstić information content (AvgIpc) is 3.07. The van der Waals surface area contributed by atoms with Gasteiger partial charge in [-0.1, -0.05) is 0 Å². The maximum atomic E-state index is 13.7. The summed E-state index contributed by atoms with van der Waals surface area (Å²) < 4.78 is 44.3. The number of imidazole rings is 1. The molecule has 0 bridgehead atoms. The zero-order chi connectivity index (χ0) is 22.1. The molecule has 160 valence electrons. The molecule has 0 aliphatic carbocycles. The van der Waals surface area contributed by atoms with Crippen LogP contribution in [0, 0.1) is 11.6 Å². The maximum absolute atomic E-state index is 13.7. The molecule has 0 aliphatic rings. The van der Waals surface area contributed by atoms with Crippen LogP contribution in [-0.2, 0) is 0 Å². The molecule has 0 saturated carbocycles. The van der Waals surface area contributed by atoms with E-state index in [1.54, 1.807) is 12.1 Å². The van der Waals surface area contributed by atoms with Gasteiger partial charge in [-0.3, -0.25) is 0 Å². The molecule has 2 N–H and O–H groups in total. The van der Waals surface area contributed by atoms with Gasteiger partial charge >= 0.3 is 5.69 Å². The van der Waals surface area contributed by atoms with E-state index >= 15 is 0 Å². The third kappa shape index (κ3) is 3.61. The number of methoxy groups -OCH3 is 3. The normalized spacial score (nSPS) is 10.9. The second-order valence-corrected chi connectivity index (χ2v) is 6.33. The van der Waals surface area contributed by atoms with Gasteiger partial charge < -0.3 is 24.5 Å². The van der Waals surface area contributed by atoms with E-state index in [1.807, 2.05) is 0 Å². The predicted octanol–water partition coefficient (Wildman–Crippen LogP) is 3.16. The highest BCUT2D eigenvalue weighted by atomic mass is 19.2. The second kappa shape index (κ2) is 7.94. The number of fused-ring (bicyclic) bond motifs is 1. The number of H-pyrrole nitrogens is 1. The van der Waals surface area contributed by atoms with Crippen LogP contribution < -0.4 is 25.2 Å². The molecule has 2 heterocycles. The van der Waals surface area contributed by atoms with Gasteiger partial charge in [0.05, 0.1) is 32.4 Å². The van der Waals surface area contributed by atoms with E-state index in [1.165, 1.54) is 33.6 Å². The Kier molecular flexibility index (Phi) is 5.15. The Bertz CT molecular complexity index is 1310. The van der Waals surface area contributed by atoms with Crippen molar-refractivity contribution in [2.75, 3.05) is 26.6 Å². The topological polar surface area (TPSA) is 103 Å². The van der Waals surface area contributed by atoms with Gasteiger partial charge in [-0.05, 0) is 0 Å². The first-order valence-electron chi connectivity index (χ1n) is 8.95. The fraction of sp³-hybridized carbons (Fsp3) is 0.150. The summed E-state index contributed by atoms with van der Waals surface area (Å²) in [4.78, 5) is 23.3. The molecule has 0 fully saturated rings. The van der Waals surface area contributed by atoms with Crippen molar-refractivity contribution in [3.8, 4) is 23.1 Å². The molecule has 2 aromatic carbocycles. The summed E-state index contributed by atoms with van der Waals surface area (Å²) in [5.74, 6) is -0.567. The predicted molar refractivity (Wildman–Crippen MR) is 109 cm³/mol. The number of benzene rings is 2. The van der Waals surface area contributed by atoms with E-state index in [0.717, 1.165) is 16.7 Å². The Balaban J connectivity index is 1.76. The third-order valence-corrected chi connectivity index (χ3v) is 4.52. The summed E-state index contributed by atoms with van der Waals surface area (Å²) in [6.45, 7) is 0. The van der Waals surface area contributed by atoms with Crippen molar-refractivity contribution in [2.24, 2.45) is 0 Å². The SMILES string of the molecule is COc1cc(Nc2nccc(-n3c(=O)[nH]c4cc(F)c(F)cc43)n2)cc(OC)c1OC. The van der Waals surface area contributed by atoms with E-state index < -0.39 is 17.3 Å². The molecule has 0 spiro atoms. The highest BCUT2D eigenvalue weighted by Crippen LogP contribution is 2.40. The van der Waals surface area contributed by atoms with E-state index in [9.17, 15) is 13.6 Å². The summed E-state index contributed by atoms with van der Waals surface area (Å²) in [5, 5.41) is 3.00. The van der Waals surface area contributed by atoms with E-state index in [-0.39, 0.29) is 22.8 Å². The van der Waals surface area contributed by atoms with Gasteiger partial charge in [0.2, 0.25) is 11.7 Å². The molecular weight excluding hydrogens is 412 g/mol. The number of ether oxygens (including phenoxy) is 3. The quantitative estimate of drug-likeness (QED) is 0.485. The van der Waals surface area contributed by atoms with Crippen molar-refractivity contribution < 1.29 is 23.0 Å². The lowest BCUT2D eigenvalue weighted by Gasteiger charge is -2.14. The number of anilines is 2. The Morgan fingerprint density at radius 1 is 1.00 bits per heavy atom. The van der Waals surface area contributed by atoms with Gasteiger partial charge in [-0.2, -0.15) is 4.98 Å². The van der Waals surface area contributed by atoms with Crippen molar-refractivity contribution in [1.82, 2.24) is 19.5 Å². The third-order valence-electron chi connectivity index (χ3n) is 4.52. The van der Waals surface area contributed by atoms with Crippen LogP contribution in [0.1, 0.15) is 0 Å². The first kappa shape index (κ1) is 20.1. The van der Waals surface area contributed by atoms with E-state index in [0.29, 0.717) is 22.9 Å². The fourth-order valence-corrected chi connectivity index (χ4v) is 3.15. The van der Waals surface area contributed by atoms with Crippen molar-refractivity contribution in [2.45, 2.75) is 0 Å². The first-order valence-corrected chi connectivity index (χ1v) is 8.95. The lowest BCUT2D eigenvalue weighted by molar-refractivity contribution is 0.324. The second-order valence-electron chi connectivity index (χ2n) is 6.33. The van der Waals surface area contributed by atoms with Crippen LogP contribution in [0.4, 0.5) is 20.4 Å². The lowest BCUT2D eigenvalue weighted by atomic mass is 10.2. The minimum absolute atomic E-state index is 0.140. The molecule has 0 atom stereocenters. The largest absolute Gasteiger partial charge is 0.493 e. The molecule has 4 aromatic rings. The van der Waals surface area contributed by atoms with Crippen LogP contribution in [0.15, 0.2) is 41.3 Å². The smallest absolute Gasteiger partial charge is 0.332 e. The van der Waals surface area contributed by atoms with Gasteiger partial charge in [0.15, 0.2) is 23.1 Å². The molecule has 4 rings (SSSR count). The minimum Gasteiger partial charge on any atom is -0.493 e. The van der Waals surface area contributed by atoms with Crippen molar-refractivity contribution in [1.29, 1.82) is 0 Å². The molecule has 0 saturated heterocycles. The lowest BCUT2D eigenvalue weighted by Crippen LogP contribution is -2.16. The van der Waals surface area contributed by atoms with Crippen LogP contribution in [0.3, 0.4) is 0 Å². The van der Waals surface area contributed by atoms with Crippen LogP contribution in [-0.4, -0.2) is 40.8 Å². The Labute approximate surface area is 174 Å². The first-order chi connectivity index (χ1) is 14.9. The Morgan fingerprint density at radius 2 is 1.68 bits per heavy atom. The van der Waals surface area contributed by atoms with E-state index in [4.69, 9.17) is 14.2 Å². The molecule has 11 heteroatoms. The van der Waals surface area contributed by atoms with Crippen LogP contribution >= 0.6 is 0 Å². The molecule has 31 heavy (non-hydrogen) atoms. The molecule has 0 unspecified atom stereocenters. The van der Waals surface area contributed by atoms with Crippen LogP contribution in [0.5, 0.6) is 17.2 Å². The summed E-state index contributed by atoms with van der Waals surface area (Å²) in [6.07, 6.45) is 1.42. The average molecular weight is 429 g/mol. The molecule has 0 amide bonds. The number of nitrogens with zero attached hydrogens (tertiary/aromatic N) is 3. The highest BCUT2D eigenvalue weighted by Gasteiger charge is 2.16. The maximum Gasteiger partial charge on any atom is 0.332 e. The number of nitrogens with one attached hydrogen (secondary N) is 2. The number of rotatable bonds is 6.